The number of ether oxygens (including phenoxy) is 2. The quantitative estimate of drug-likeness (QED) is 0.909. The van der Waals surface area contributed by atoms with E-state index >= 15 is 0 Å². The van der Waals surface area contributed by atoms with Gasteiger partial charge in [0.15, 0.2) is 0 Å². The molecular formula is C18H25NO3. The summed E-state index contributed by atoms with van der Waals surface area (Å²) in [4.78, 5) is 12.4. The fourth-order valence-corrected chi connectivity index (χ4v) is 3.50. The van der Waals surface area contributed by atoms with Gasteiger partial charge in [0.05, 0.1) is 25.2 Å². The van der Waals surface area contributed by atoms with Gasteiger partial charge >= 0.3 is 0 Å². The summed E-state index contributed by atoms with van der Waals surface area (Å²) in [7, 11) is 1.66. The zero-order valence-electron chi connectivity index (χ0n) is 13.6. The smallest absolute Gasteiger partial charge is 0.225 e. The molecule has 2 aliphatic heterocycles. The van der Waals surface area contributed by atoms with Gasteiger partial charge in [-0.15, -0.1) is 0 Å². The van der Waals surface area contributed by atoms with Crippen LogP contribution in [0.4, 0.5) is 0 Å². The van der Waals surface area contributed by atoms with Crippen molar-refractivity contribution in [1.29, 1.82) is 0 Å². The monoisotopic (exact) mass is 303 g/mol. The van der Waals surface area contributed by atoms with E-state index in [1.807, 2.05) is 12.1 Å². The average Bonchev–Trinajstić information content (AvgIpc) is 3.16. The van der Waals surface area contributed by atoms with Crippen LogP contribution in [0, 0.1) is 5.92 Å². The van der Waals surface area contributed by atoms with Crippen molar-refractivity contribution in [3.05, 3.63) is 29.8 Å². The van der Waals surface area contributed by atoms with Crippen LogP contribution in [0.1, 0.15) is 38.7 Å². The van der Waals surface area contributed by atoms with E-state index in [-0.39, 0.29) is 23.3 Å². The summed E-state index contributed by atoms with van der Waals surface area (Å²) in [5.41, 5.74) is 1.08. The number of nitrogens with one attached hydrogen (secondary N) is 1. The lowest BCUT2D eigenvalue weighted by molar-refractivity contribution is -0.126. The van der Waals surface area contributed by atoms with Gasteiger partial charge in [-0.1, -0.05) is 26.0 Å². The molecule has 0 radical (unpaired) electrons. The van der Waals surface area contributed by atoms with Crippen LogP contribution in [0.5, 0.6) is 5.75 Å². The SMILES string of the molecule is COc1ccc(C(C)(C)CNC(=O)[C@@H]2C[C@H]3CC[C@H]2O3)cc1. The van der Waals surface area contributed by atoms with Gasteiger partial charge in [-0.3, -0.25) is 4.79 Å². The van der Waals surface area contributed by atoms with E-state index < -0.39 is 0 Å². The zero-order valence-corrected chi connectivity index (χ0v) is 13.6. The first-order chi connectivity index (χ1) is 10.5. The summed E-state index contributed by atoms with van der Waals surface area (Å²) in [5.74, 6) is 1.04. The predicted molar refractivity (Wildman–Crippen MR) is 85.0 cm³/mol. The van der Waals surface area contributed by atoms with Crippen LogP contribution in [0.25, 0.3) is 0 Å². The molecule has 2 bridgehead atoms. The van der Waals surface area contributed by atoms with Crippen molar-refractivity contribution in [1.82, 2.24) is 5.32 Å². The van der Waals surface area contributed by atoms with Crippen LogP contribution >= 0.6 is 0 Å². The highest BCUT2D eigenvalue weighted by molar-refractivity contribution is 5.80. The number of carbonyl (C=O) groups excluding carboxylic acids is 1. The van der Waals surface area contributed by atoms with E-state index in [9.17, 15) is 4.79 Å². The topological polar surface area (TPSA) is 47.6 Å². The number of carbonyl (C=O) groups is 1. The Morgan fingerprint density at radius 2 is 2.05 bits per heavy atom. The average molecular weight is 303 g/mol. The van der Waals surface area contributed by atoms with Gasteiger partial charge in [0, 0.05) is 12.0 Å². The molecule has 2 heterocycles. The third-order valence-electron chi connectivity index (χ3n) is 5.02. The summed E-state index contributed by atoms with van der Waals surface area (Å²) in [6.45, 7) is 4.92. The van der Waals surface area contributed by atoms with Crippen LogP contribution < -0.4 is 10.1 Å². The third-order valence-corrected chi connectivity index (χ3v) is 5.02. The van der Waals surface area contributed by atoms with E-state index in [1.54, 1.807) is 7.11 Å². The first kappa shape index (κ1) is 15.3. The zero-order chi connectivity index (χ0) is 15.7. The van der Waals surface area contributed by atoms with Gasteiger partial charge in [-0.05, 0) is 37.0 Å². The number of hydrogen-bond acceptors (Lipinski definition) is 3. The Morgan fingerprint density at radius 3 is 2.59 bits per heavy atom. The van der Waals surface area contributed by atoms with Crippen molar-refractivity contribution in [2.24, 2.45) is 5.92 Å². The maximum atomic E-state index is 12.4. The molecule has 4 nitrogen and oxygen atoms in total. The number of hydrogen-bond donors (Lipinski definition) is 1. The number of amides is 1. The maximum Gasteiger partial charge on any atom is 0.225 e. The summed E-state index contributed by atoms with van der Waals surface area (Å²) < 4.78 is 11.0. The fraction of sp³-hybridized carbons (Fsp3) is 0.611. The Balaban J connectivity index is 1.58. The number of fused-ring (bicyclic) bond motifs is 2. The van der Waals surface area contributed by atoms with Gasteiger partial charge in [-0.25, -0.2) is 0 Å². The molecule has 0 saturated carbocycles. The lowest BCUT2D eigenvalue weighted by atomic mass is 9.83. The van der Waals surface area contributed by atoms with Gasteiger partial charge in [0.25, 0.3) is 0 Å². The van der Waals surface area contributed by atoms with Crippen LogP contribution in [-0.4, -0.2) is 31.8 Å². The molecule has 22 heavy (non-hydrogen) atoms. The summed E-state index contributed by atoms with van der Waals surface area (Å²) in [6.07, 6.45) is 3.50. The molecule has 0 spiro atoms. The number of benzene rings is 1. The van der Waals surface area contributed by atoms with Gasteiger partial charge < -0.3 is 14.8 Å². The molecule has 120 valence electrons. The van der Waals surface area contributed by atoms with Gasteiger partial charge in [-0.2, -0.15) is 0 Å². The van der Waals surface area contributed by atoms with E-state index in [2.05, 4.69) is 31.3 Å². The molecule has 0 aliphatic carbocycles. The van der Waals surface area contributed by atoms with E-state index in [1.165, 1.54) is 5.56 Å². The van der Waals surface area contributed by atoms with Crippen molar-refractivity contribution < 1.29 is 14.3 Å². The molecule has 0 unspecified atom stereocenters. The minimum Gasteiger partial charge on any atom is -0.497 e. The van der Waals surface area contributed by atoms with Crippen LogP contribution in [0.15, 0.2) is 24.3 Å². The van der Waals surface area contributed by atoms with Crippen LogP contribution in [-0.2, 0) is 14.9 Å². The van der Waals surface area contributed by atoms with Crippen molar-refractivity contribution in [3.63, 3.8) is 0 Å². The lowest BCUT2D eigenvalue weighted by Crippen LogP contribution is -2.42. The summed E-state index contributed by atoms with van der Waals surface area (Å²) in [6, 6.07) is 8.04. The largest absolute Gasteiger partial charge is 0.497 e. The second-order valence-corrected chi connectivity index (χ2v) is 7.05. The molecule has 4 heteroatoms. The van der Waals surface area contributed by atoms with Crippen molar-refractivity contribution in [2.45, 2.75) is 50.7 Å². The van der Waals surface area contributed by atoms with E-state index in [0.717, 1.165) is 25.0 Å². The summed E-state index contributed by atoms with van der Waals surface area (Å²) >= 11 is 0. The highest BCUT2D eigenvalue weighted by Crippen LogP contribution is 2.38. The van der Waals surface area contributed by atoms with E-state index in [4.69, 9.17) is 9.47 Å². The normalized spacial score (nSPS) is 27.0. The third kappa shape index (κ3) is 2.98. The Labute approximate surface area is 132 Å². The van der Waals surface area contributed by atoms with Crippen LogP contribution in [0.3, 0.4) is 0 Å². The van der Waals surface area contributed by atoms with Gasteiger partial charge in [0.2, 0.25) is 5.91 Å². The molecule has 1 aromatic rings. The maximum absolute atomic E-state index is 12.4. The second-order valence-electron chi connectivity index (χ2n) is 7.05. The molecule has 3 rings (SSSR count). The minimum absolute atomic E-state index is 0.0467. The van der Waals surface area contributed by atoms with Gasteiger partial charge in [0.1, 0.15) is 5.75 Å². The highest BCUT2D eigenvalue weighted by Gasteiger charge is 2.44. The number of rotatable bonds is 5. The molecule has 2 fully saturated rings. The lowest BCUT2D eigenvalue weighted by Gasteiger charge is -2.27. The molecule has 1 N–H and O–H groups in total. The van der Waals surface area contributed by atoms with Crippen molar-refractivity contribution in [2.75, 3.05) is 13.7 Å². The first-order valence-corrected chi connectivity index (χ1v) is 8.07. The standard InChI is InChI=1S/C18H25NO3/c1-18(2,12-4-6-13(21-3)7-5-12)11-19-17(20)15-10-14-8-9-16(15)22-14/h4-7,14-16H,8-11H2,1-3H3,(H,19,20)/t14-,15-,16-/m1/s1. The molecule has 1 amide bonds. The second kappa shape index (κ2) is 5.92. The molecule has 2 saturated heterocycles. The molecule has 0 aromatic heterocycles. The minimum atomic E-state index is -0.111. The molecule has 1 aromatic carbocycles. The van der Waals surface area contributed by atoms with E-state index in [0.29, 0.717) is 12.6 Å². The number of methoxy groups -OCH3 is 1. The van der Waals surface area contributed by atoms with Crippen molar-refractivity contribution >= 4 is 5.91 Å². The molecule has 2 aliphatic rings. The van der Waals surface area contributed by atoms with Crippen LogP contribution in [0.2, 0.25) is 0 Å². The Bertz CT molecular complexity index is 538. The predicted octanol–water partition coefficient (Wildman–Crippen LogP) is 2.66. The molecular weight excluding hydrogens is 278 g/mol. The Morgan fingerprint density at radius 1 is 1.32 bits per heavy atom. The Kier molecular flexibility index (Phi) is 4.13. The first-order valence-electron chi connectivity index (χ1n) is 8.07. The summed E-state index contributed by atoms with van der Waals surface area (Å²) in [5, 5.41) is 3.13. The fourth-order valence-electron chi connectivity index (χ4n) is 3.50. The Hall–Kier alpha value is -1.55. The highest BCUT2D eigenvalue weighted by atomic mass is 16.5. The van der Waals surface area contributed by atoms with Crippen molar-refractivity contribution in [3.8, 4) is 5.75 Å². The molecule has 3 atom stereocenters.